The summed E-state index contributed by atoms with van der Waals surface area (Å²) in [6, 6.07) is 6.37. The van der Waals surface area contributed by atoms with Crippen LogP contribution in [0.25, 0.3) is 0 Å². The van der Waals surface area contributed by atoms with Crippen LogP contribution in [0.3, 0.4) is 0 Å². The maximum atomic E-state index is 11.8. The summed E-state index contributed by atoms with van der Waals surface area (Å²) in [4.78, 5) is 33.9. The Morgan fingerprint density at radius 1 is 1.30 bits per heavy atom. The Balaban J connectivity index is 2.69. The summed E-state index contributed by atoms with van der Waals surface area (Å²) < 4.78 is -1.06. The van der Waals surface area contributed by atoms with Crippen LogP contribution in [0.1, 0.15) is 24.2 Å². The summed E-state index contributed by atoms with van der Waals surface area (Å²) >= 11 is 1.00. The van der Waals surface area contributed by atoms with E-state index in [0.29, 0.717) is 5.69 Å². The van der Waals surface area contributed by atoms with Crippen molar-refractivity contribution < 1.29 is 19.5 Å². The lowest BCUT2D eigenvalue weighted by Crippen LogP contribution is -2.30. The number of carbonyl (C=O) groups excluding carboxylic acids is 2. The van der Waals surface area contributed by atoms with Gasteiger partial charge in [0.05, 0.1) is 17.0 Å². The number of carboxylic acids is 1. The number of nitrogens with one attached hydrogen (secondary N) is 1. The minimum atomic E-state index is -1.06. The second-order valence-electron chi connectivity index (χ2n) is 4.56. The molecule has 0 heterocycles. The van der Waals surface area contributed by atoms with E-state index < -0.39 is 22.5 Å². The van der Waals surface area contributed by atoms with Gasteiger partial charge in [-0.2, -0.15) is 0 Å². The molecule has 1 rings (SSSR count). The van der Waals surface area contributed by atoms with Crippen molar-refractivity contribution in [1.82, 2.24) is 0 Å². The average molecular weight is 296 g/mol. The first-order valence-electron chi connectivity index (χ1n) is 5.80. The maximum absolute atomic E-state index is 11.8. The summed E-state index contributed by atoms with van der Waals surface area (Å²) in [6.07, 6.45) is 0. The van der Waals surface area contributed by atoms with Crippen LogP contribution >= 0.6 is 11.8 Å². The quantitative estimate of drug-likeness (QED) is 0.733. The molecule has 4 N–H and O–H groups in total. The zero-order valence-electron chi connectivity index (χ0n) is 11.2. The van der Waals surface area contributed by atoms with E-state index in [1.165, 1.54) is 19.9 Å². The van der Waals surface area contributed by atoms with E-state index in [4.69, 9.17) is 10.8 Å². The summed E-state index contributed by atoms with van der Waals surface area (Å²) in [5.74, 6) is -2.06. The number of nitrogens with two attached hydrogens (primary N) is 1. The number of carboxylic acid groups (broad SMARTS) is 1. The first-order chi connectivity index (χ1) is 9.24. The molecular weight excluding hydrogens is 280 g/mol. The molecule has 0 bridgehead atoms. The first kappa shape index (κ1) is 16.0. The van der Waals surface area contributed by atoms with Gasteiger partial charge in [-0.1, -0.05) is 12.1 Å². The normalized spacial score (nSPS) is 10.9. The highest BCUT2D eigenvalue weighted by atomic mass is 32.2. The van der Waals surface area contributed by atoms with Gasteiger partial charge in [-0.25, -0.2) is 0 Å². The van der Waals surface area contributed by atoms with E-state index in [0.717, 1.165) is 11.8 Å². The third-order valence-electron chi connectivity index (χ3n) is 2.55. The van der Waals surface area contributed by atoms with Crippen molar-refractivity contribution >= 4 is 35.2 Å². The minimum absolute atomic E-state index is 0.0353. The van der Waals surface area contributed by atoms with Crippen LogP contribution in [-0.4, -0.2) is 33.4 Å². The SMILES string of the molecule is CC(C)(SCC(=O)Nc1ccccc1C(N)=O)C(=O)O. The molecule has 1 aromatic carbocycles. The van der Waals surface area contributed by atoms with Gasteiger partial charge in [0, 0.05) is 0 Å². The third-order valence-corrected chi connectivity index (χ3v) is 3.85. The number of primary amides is 1. The number of rotatable bonds is 6. The molecule has 0 unspecified atom stereocenters. The fourth-order valence-electron chi connectivity index (χ4n) is 1.30. The number of anilines is 1. The number of amides is 2. The molecule has 7 heteroatoms. The van der Waals surface area contributed by atoms with E-state index in [1.54, 1.807) is 18.2 Å². The van der Waals surface area contributed by atoms with Crippen molar-refractivity contribution in [2.45, 2.75) is 18.6 Å². The molecule has 0 fully saturated rings. The Labute approximate surface area is 120 Å². The van der Waals surface area contributed by atoms with Gasteiger partial charge in [-0.3, -0.25) is 14.4 Å². The molecule has 0 aliphatic heterocycles. The van der Waals surface area contributed by atoms with Gasteiger partial charge in [0.2, 0.25) is 5.91 Å². The lowest BCUT2D eigenvalue weighted by atomic mass is 10.1. The van der Waals surface area contributed by atoms with Gasteiger partial charge in [0.1, 0.15) is 4.75 Å². The molecule has 0 atom stereocenters. The van der Waals surface area contributed by atoms with Gasteiger partial charge in [-0.05, 0) is 26.0 Å². The van der Waals surface area contributed by atoms with Crippen molar-refractivity contribution in [3.05, 3.63) is 29.8 Å². The summed E-state index contributed by atoms with van der Waals surface area (Å²) in [5, 5.41) is 11.5. The molecule has 2 amide bonds. The number of hydrogen-bond donors (Lipinski definition) is 3. The predicted molar refractivity (Wildman–Crippen MR) is 77.8 cm³/mol. The number of para-hydroxylation sites is 1. The highest BCUT2D eigenvalue weighted by Gasteiger charge is 2.28. The van der Waals surface area contributed by atoms with Crippen LogP contribution in [0.5, 0.6) is 0 Å². The Morgan fingerprint density at radius 3 is 2.45 bits per heavy atom. The Morgan fingerprint density at radius 2 is 1.90 bits per heavy atom. The zero-order chi connectivity index (χ0) is 15.3. The number of carbonyl (C=O) groups is 3. The van der Waals surface area contributed by atoms with Gasteiger partial charge >= 0.3 is 5.97 Å². The number of benzene rings is 1. The highest BCUT2D eigenvalue weighted by molar-refractivity contribution is 8.02. The second-order valence-corrected chi connectivity index (χ2v) is 6.16. The van der Waals surface area contributed by atoms with E-state index in [1.807, 2.05) is 0 Å². The van der Waals surface area contributed by atoms with Crippen LogP contribution in [0, 0.1) is 0 Å². The van der Waals surface area contributed by atoms with Gasteiger partial charge in [0.25, 0.3) is 5.91 Å². The second kappa shape index (κ2) is 6.42. The van der Waals surface area contributed by atoms with Crippen molar-refractivity contribution in [3.63, 3.8) is 0 Å². The van der Waals surface area contributed by atoms with E-state index in [9.17, 15) is 14.4 Å². The smallest absolute Gasteiger partial charge is 0.319 e. The molecule has 0 aliphatic carbocycles. The molecular formula is C13H16N2O4S. The van der Waals surface area contributed by atoms with E-state index in [2.05, 4.69) is 5.32 Å². The van der Waals surface area contributed by atoms with Gasteiger partial charge in [-0.15, -0.1) is 11.8 Å². The third kappa shape index (κ3) is 4.27. The summed E-state index contributed by atoms with van der Waals surface area (Å²) in [6.45, 7) is 3.04. The molecule has 0 radical (unpaired) electrons. The Kier molecular flexibility index (Phi) is 5.15. The molecule has 1 aromatic rings. The van der Waals surface area contributed by atoms with E-state index >= 15 is 0 Å². The lowest BCUT2D eigenvalue weighted by molar-refractivity contribution is -0.138. The largest absolute Gasteiger partial charge is 0.480 e. The highest BCUT2D eigenvalue weighted by Crippen LogP contribution is 2.24. The monoisotopic (exact) mass is 296 g/mol. The minimum Gasteiger partial charge on any atom is -0.480 e. The fraction of sp³-hybridized carbons (Fsp3) is 0.308. The number of aliphatic carboxylic acids is 1. The zero-order valence-corrected chi connectivity index (χ0v) is 12.0. The predicted octanol–water partition coefficient (Wildman–Crippen LogP) is 1.32. The van der Waals surface area contributed by atoms with Gasteiger partial charge < -0.3 is 16.2 Å². The molecule has 0 aliphatic rings. The number of hydrogen-bond acceptors (Lipinski definition) is 4. The topological polar surface area (TPSA) is 109 Å². The van der Waals surface area contributed by atoms with Crippen LogP contribution < -0.4 is 11.1 Å². The summed E-state index contributed by atoms with van der Waals surface area (Å²) in [7, 11) is 0. The molecule has 6 nitrogen and oxygen atoms in total. The van der Waals surface area contributed by atoms with Crippen molar-refractivity contribution in [1.29, 1.82) is 0 Å². The van der Waals surface area contributed by atoms with Crippen molar-refractivity contribution in [2.24, 2.45) is 5.73 Å². The number of thioether (sulfide) groups is 1. The van der Waals surface area contributed by atoms with Gasteiger partial charge in [0.15, 0.2) is 0 Å². The lowest BCUT2D eigenvalue weighted by Gasteiger charge is -2.18. The summed E-state index contributed by atoms with van der Waals surface area (Å²) in [5.41, 5.74) is 5.73. The molecule has 0 aromatic heterocycles. The van der Waals surface area contributed by atoms with Crippen molar-refractivity contribution in [2.75, 3.05) is 11.1 Å². The average Bonchev–Trinajstić information content (AvgIpc) is 2.36. The van der Waals surface area contributed by atoms with Crippen LogP contribution in [0.15, 0.2) is 24.3 Å². The first-order valence-corrected chi connectivity index (χ1v) is 6.78. The van der Waals surface area contributed by atoms with Crippen LogP contribution in [0.4, 0.5) is 5.69 Å². The molecule has 0 saturated heterocycles. The molecule has 0 spiro atoms. The fourth-order valence-corrected chi connectivity index (χ4v) is 1.99. The maximum Gasteiger partial charge on any atom is 0.319 e. The van der Waals surface area contributed by atoms with E-state index in [-0.39, 0.29) is 11.3 Å². The standard InChI is InChI=1S/C13H16N2O4S/c1-13(2,12(18)19)20-7-10(16)15-9-6-4-3-5-8(9)11(14)17/h3-6H,7H2,1-2H3,(H2,14,17)(H,15,16)(H,18,19). The Bertz CT molecular complexity index is 543. The van der Waals surface area contributed by atoms with Crippen LogP contribution in [0.2, 0.25) is 0 Å². The Hall–Kier alpha value is -2.02. The molecule has 0 saturated carbocycles. The van der Waals surface area contributed by atoms with Crippen molar-refractivity contribution in [3.8, 4) is 0 Å². The molecule has 108 valence electrons. The van der Waals surface area contributed by atoms with Crippen LogP contribution in [-0.2, 0) is 9.59 Å². The molecule has 20 heavy (non-hydrogen) atoms.